The van der Waals surface area contributed by atoms with Gasteiger partial charge in [0.25, 0.3) is 0 Å². The van der Waals surface area contributed by atoms with Crippen molar-refractivity contribution in [1.29, 1.82) is 0 Å². The molecule has 0 bridgehead atoms. The number of fused-ring (bicyclic) bond motifs is 1. The molecule has 3 aromatic rings. The topological polar surface area (TPSA) is 18.5 Å². The lowest BCUT2D eigenvalue weighted by Crippen LogP contribution is -2.31. The molecule has 1 aliphatic heterocycles. The Balaban J connectivity index is 0.00000226. The van der Waals surface area contributed by atoms with Crippen molar-refractivity contribution in [2.24, 2.45) is 0 Å². The van der Waals surface area contributed by atoms with Gasteiger partial charge in [-0.15, -0.1) is 0 Å². The zero-order chi connectivity index (χ0) is 30.1. The molecule has 0 fully saturated rings. The van der Waals surface area contributed by atoms with Gasteiger partial charge in [0.2, 0.25) is 0 Å². The number of hydrogen-bond donors (Lipinski definition) is 1. The van der Waals surface area contributed by atoms with E-state index in [9.17, 15) is 0 Å². The van der Waals surface area contributed by atoms with Crippen molar-refractivity contribution in [1.82, 2.24) is 4.90 Å². The number of rotatable bonds is 11. The molecule has 0 saturated heterocycles. The van der Waals surface area contributed by atoms with Gasteiger partial charge in [-0.1, -0.05) is 107 Å². The highest BCUT2D eigenvalue weighted by molar-refractivity contribution is 5.75. The van der Waals surface area contributed by atoms with E-state index in [1.54, 1.807) is 0 Å². The predicted molar refractivity (Wildman–Crippen MR) is 182 cm³/mol. The molecule has 0 aromatic heterocycles. The molecule has 0 radical (unpaired) electrons. The first-order chi connectivity index (χ1) is 19.8. The molecule has 0 saturated carbocycles. The first-order valence-corrected chi connectivity index (χ1v) is 15.6. The summed E-state index contributed by atoms with van der Waals surface area (Å²) in [5.74, 6) is 0.726. The lowest BCUT2D eigenvalue weighted by Gasteiger charge is -2.37. The van der Waals surface area contributed by atoms with Crippen LogP contribution in [0.5, 0.6) is 0 Å². The summed E-state index contributed by atoms with van der Waals surface area (Å²) in [6.07, 6.45) is 3.16. The third-order valence-corrected chi connectivity index (χ3v) is 8.54. The number of nitrogens with one attached hydrogen (secondary N) is 1. The van der Waals surface area contributed by atoms with Gasteiger partial charge in [0.15, 0.2) is 0 Å². The second kappa shape index (κ2) is 15.0. The molecule has 0 amide bonds. The maximum absolute atomic E-state index is 4.49. The third kappa shape index (κ3) is 7.25. The molecule has 2 unspecified atom stereocenters. The molecular formula is C38H53N3. The van der Waals surface area contributed by atoms with Gasteiger partial charge in [0.1, 0.15) is 0 Å². The van der Waals surface area contributed by atoms with Crippen molar-refractivity contribution in [3.63, 3.8) is 0 Å². The first-order valence-electron chi connectivity index (χ1n) is 15.6. The van der Waals surface area contributed by atoms with Crippen LogP contribution in [0, 0.1) is 6.92 Å². The van der Waals surface area contributed by atoms with Crippen LogP contribution in [0.2, 0.25) is 0 Å². The van der Waals surface area contributed by atoms with E-state index in [4.69, 9.17) is 0 Å². The number of hydrogen-bond acceptors (Lipinski definition) is 3. The fraction of sp³-hybridized carbons (Fsp3) is 0.421. The Morgan fingerprint density at radius 1 is 1.05 bits per heavy atom. The van der Waals surface area contributed by atoms with Crippen LogP contribution in [0.4, 0.5) is 11.4 Å². The Labute approximate surface area is 251 Å². The largest absolute Gasteiger partial charge is 0.386 e. The van der Waals surface area contributed by atoms with E-state index in [1.807, 2.05) is 20.9 Å². The molecular weight excluding hydrogens is 498 g/mol. The molecule has 41 heavy (non-hydrogen) atoms. The zero-order valence-electron chi connectivity index (χ0n) is 27.0. The van der Waals surface area contributed by atoms with Crippen LogP contribution in [-0.2, 0) is 6.54 Å². The number of nitrogens with zero attached hydrogens (tertiary/aromatic N) is 2. The molecule has 1 N–H and O–H groups in total. The summed E-state index contributed by atoms with van der Waals surface area (Å²) in [4.78, 5) is 4.76. The van der Waals surface area contributed by atoms with Crippen molar-refractivity contribution < 1.29 is 0 Å². The second-order valence-electron chi connectivity index (χ2n) is 11.2. The van der Waals surface area contributed by atoms with Crippen LogP contribution >= 0.6 is 0 Å². The number of allylic oxidation sites excluding steroid dienone is 1. The average Bonchev–Trinajstić information content (AvgIpc) is 3.00. The molecule has 220 valence electrons. The highest BCUT2D eigenvalue weighted by Crippen LogP contribution is 2.41. The molecule has 3 heteroatoms. The maximum atomic E-state index is 4.49. The summed E-state index contributed by atoms with van der Waals surface area (Å²) in [6.45, 7) is 24.9. The molecule has 2 atom stereocenters. The minimum atomic E-state index is 0.269. The third-order valence-electron chi connectivity index (χ3n) is 8.54. The normalized spacial score (nSPS) is 14.8. The predicted octanol–water partition coefficient (Wildman–Crippen LogP) is 9.99. The quantitative estimate of drug-likeness (QED) is 0.239. The Bertz CT molecular complexity index is 1310. The minimum Gasteiger partial charge on any atom is -0.386 e. The smallest absolute Gasteiger partial charge is 0.0608 e. The Hall–Kier alpha value is -3.46. The van der Waals surface area contributed by atoms with Crippen LogP contribution in [-0.4, -0.2) is 32.1 Å². The lowest BCUT2D eigenvalue weighted by molar-refractivity contribution is 0.343. The minimum absolute atomic E-state index is 0.269. The monoisotopic (exact) mass is 551 g/mol. The van der Waals surface area contributed by atoms with Gasteiger partial charge in [-0.05, 0) is 72.1 Å². The second-order valence-corrected chi connectivity index (χ2v) is 11.2. The van der Waals surface area contributed by atoms with Gasteiger partial charge in [-0.3, -0.25) is 0 Å². The van der Waals surface area contributed by atoms with E-state index in [2.05, 4.69) is 124 Å². The van der Waals surface area contributed by atoms with Crippen molar-refractivity contribution in [3.05, 3.63) is 113 Å². The molecule has 0 aliphatic carbocycles. The Morgan fingerprint density at radius 3 is 2.39 bits per heavy atom. The lowest BCUT2D eigenvalue weighted by atomic mass is 9.80. The number of anilines is 2. The van der Waals surface area contributed by atoms with Crippen LogP contribution in [0.25, 0.3) is 5.70 Å². The Kier molecular flexibility index (Phi) is 11.7. The molecule has 3 nitrogen and oxygen atoms in total. The van der Waals surface area contributed by atoms with Crippen molar-refractivity contribution in [2.45, 2.75) is 79.2 Å². The maximum Gasteiger partial charge on any atom is 0.0608 e. The molecule has 1 heterocycles. The van der Waals surface area contributed by atoms with E-state index >= 15 is 0 Å². The molecule has 3 aromatic carbocycles. The van der Waals surface area contributed by atoms with Gasteiger partial charge >= 0.3 is 0 Å². The van der Waals surface area contributed by atoms with Gasteiger partial charge in [0.05, 0.1) is 11.4 Å². The van der Waals surface area contributed by atoms with Gasteiger partial charge in [-0.25, -0.2) is 0 Å². The van der Waals surface area contributed by atoms with Crippen molar-refractivity contribution >= 4 is 17.1 Å². The number of benzene rings is 3. The van der Waals surface area contributed by atoms with E-state index in [0.29, 0.717) is 5.92 Å². The summed E-state index contributed by atoms with van der Waals surface area (Å²) in [6, 6.07) is 22.5. The van der Waals surface area contributed by atoms with Gasteiger partial charge < -0.3 is 15.1 Å². The van der Waals surface area contributed by atoms with E-state index in [0.717, 1.165) is 44.6 Å². The van der Waals surface area contributed by atoms with Crippen LogP contribution in [0.15, 0.2) is 79.4 Å². The van der Waals surface area contributed by atoms with E-state index in [-0.39, 0.29) is 5.92 Å². The van der Waals surface area contributed by atoms with Crippen LogP contribution in [0.3, 0.4) is 0 Å². The molecule has 4 rings (SSSR count). The fourth-order valence-electron chi connectivity index (χ4n) is 6.22. The summed E-state index contributed by atoms with van der Waals surface area (Å²) in [5, 5.41) is 3.51. The molecule has 1 aliphatic rings. The Morgan fingerprint density at radius 2 is 1.76 bits per heavy atom. The summed E-state index contributed by atoms with van der Waals surface area (Å²) in [5.41, 5.74) is 13.1. The van der Waals surface area contributed by atoms with Gasteiger partial charge in [0, 0.05) is 45.3 Å². The average molecular weight is 552 g/mol. The van der Waals surface area contributed by atoms with Crippen molar-refractivity contribution in [3.8, 4) is 0 Å². The SMILES string of the molecule is C=C(CCC)CC(c1ccc2c(c1)CN(C(=C)c1ccccc1)CC2C)c1ccc(N(C)CC)c(NC)c1C.CC. The van der Waals surface area contributed by atoms with Crippen LogP contribution in [0.1, 0.15) is 99.1 Å². The van der Waals surface area contributed by atoms with Crippen LogP contribution < -0.4 is 10.2 Å². The summed E-state index contributed by atoms with van der Waals surface area (Å²) in [7, 11) is 4.20. The van der Waals surface area contributed by atoms with E-state index < -0.39 is 0 Å². The van der Waals surface area contributed by atoms with Crippen molar-refractivity contribution in [2.75, 3.05) is 37.4 Å². The summed E-state index contributed by atoms with van der Waals surface area (Å²) < 4.78 is 0. The summed E-state index contributed by atoms with van der Waals surface area (Å²) >= 11 is 0. The van der Waals surface area contributed by atoms with Gasteiger partial charge in [-0.2, -0.15) is 0 Å². The fourth-order valence-corrected chi connectivity index (χ4v) is 6.22. The highest BCUT2D eigenvalue weighted by atomic mass is 15.1. The van der Waals surface area contributed by atoms with E-state index in [1.165, 1.54) is 50.3 Å². The first kappa shape index (κ1) is 32.1. The highest BCUT2D eigenvalue weighted by Gasteiger charge is 2.27. The standard InChI is InChI=1S/C36H47N3.C2H6/c1-9-14-25(3)21-34(33-19-20-35(38(8)10-2)36(37-7)27(33)5)30-17-18-32-26(4)23-39(24-31(32)22-30)28(6)29-15-12-11-13-16-29;1-2/h11-13,15-20,22,26,34,37H,3,6,9-10,14,21,23-24H2,1-2,4-5,7-8H3;1-2H3. The molecule has 0 spiro atoms. The zero-order valence-corrected chi connectivity index (χ0v) is 27.0.